The molecule has 4 nitrogen and oxygen atoms in total. The molecule has 3 heterocycles. The van der Waals surface area contributed by atoms with Crippen LogP contribution in [-0.2, 0) is 0 Å². The monoisotopic (exact) mass is 864 g/mol. The summed E-state index contributed by atoms with van der Waals surface area (Å²) < 4.78 is 4.73. The summed E-state index contributed by atoms with van der Waals surface area (Å²) in [5, 5.41) is 12.3. The third-order valence-corrected chi connectivity index (χ3v) is 13.9. The van der Waals surface area contributed by atoms with Crippen LogP contribution in [0.15, 0.2) is 243 Å². The number of nitrogens with zero attached hydrogens (tertiary/aromatic N) is 4. The largest absolute Gasteiger partial charge is 0.309 e. The number of hydrogen-bond donors (Lipinski definition) is 0. The molecule has 14 rings (SSSR count). The molecular formula is C64H40N4. The topological polar surface area (TPSA) is 35.6 Å². The van der Waals surface area contributed by atoms with E-state index in [1.165, 1.54) is 65.0 Å². The van der Waals surface area contributed by atoms with Crippen molar-refractivity contribution in [1.82, 2.24) is 19.1 Å². The molecule has 4 heteroatoms. The zero-order chi connectivity index (χ0) is 44.7. The van der Waals surface area contributed by atoms with Crippen LogP contribution >= 0.6 is 0 Å². The smallest absolute Gasteiger partial charge is 0.162 e. The fraction of sp³-hybridized carbons (Fsp3) is 0. The Morgan fingerprint density at radius 3 is 1.28 bits per heavy atom. The van der Waals surface area contributed by atoms with Crippen LogP contribution in [0.25, 0.3) is 132 Å². The first-order valence-corrected chi connectivity index (χ1v) is 23.2. The van der Waals surface area contributed by atoms with Crippen molar-refractivity contribution in [2.75, 3.05) is 0 Å². The summed E-state index contributed by atoms with van der Waals surface area (Å²) in [6, 6.07) is 87.7. The summed E-state index contributed by atoms with van der Waals surface area (Å²) in [5.41, 5.74) is 12.9. The van der Waals surface area contributed by atoms with Crippen molar-refractivity contribution in [3.05, 3.63) is 243 Å². The lowest BCUT2D eigenvalue weighted by molar-refractivity contribution is 1.05. The number of aromatic nitrogens is 4. The van der Waals surface area contributed by atoms with E-state index in [2.05, 4.69) is 252 Å². The number of para-hydroxylation sites is 3. The van der Waals surface area contributed by atoms with Gasteiger partial charge in [0.25, 0.3) is 0 Å². The van der Waals surface area contributed by atoms with Crippen LogP contribution in [-0.4, -0.2) is 19.1 Å². The van der Waals surface area contributed by atoms with E-state index in [0.29, 0.717) is 5.82 Å². The molecule has 68 heavy (non-hydrogen) atoms. The van der Waals surface area contributed by atoms with Gasteiger partial charge in [0.05, 0.1) is 27.8 Å². The molecule has 0 aliphatic carbocycles. The third-order valence-electron chi connectivity index (χ3n) is 13.9. The van der Waals surface area contributed by atoms with Crippen LogP contribution in [0.2, 0.25) is 0 Å². The second-order valence-corrected chi connectivity index (χ2v) is 17.7. The second kappa shape index (κ2) is 15.2. The molecule has 3 aromatic heterocycles. The fourth-order valence-corrected chi connectivity index (χ4v) is 10.8. The van der Waals surface area contributed by atoms with Gasteiger partial charge in [0.1, 0.15) is 5.82 Å². The van der Waals surface area contributed by atoms with Crippen LogP contribution in [0.1, 0.15) is 0 Å². The maximum Gasteiger partial charge on any atom is 0.162 e. The standard InChI is InChI=1S/C64H40N4/c1-3-17-41(18-4-1)44-32-34-56-55-27-11-14-28-59(55)67(62(56)39-44)47-36-45(43-31-33-52-50-23-8-7-21-48(50)49-22-9-10-24-51(49)57(52)38-43)35-46(37-47)64-65-58(42-19-5-2-6-20-42)40-63(66-64)68-60-29-15-12-25-53(60)54-26-13-16-30-61(54)68/h1-40H. The average Bonchev–Trinajstić information content (AvgIpc) is 3.94. The first-order valence-electron chi connectivity index (χ1n) is 23.2. The molecule has 14 aromatic rings. The summed E-state index contributed by atoms with van der Waals surface area (Å²) in [6.45, 7) is 0. The van der Waals surface area contributed by atoms with E-state index >= 15 is 0 Å². The summed E-state index contributed by atoms with van der Waals surface area (Å²) in [4.78, 5) is 11.0. The van der Waals surface area contributed by atoms with Crippen LogP contribution in [0.3, 0.4) is 0 Å². The number of rotatable bonds is 6. The van der Waals surface area contributed by atoms with E-state index in [1.54, 1.807) is 0 Å². The van der Waals surface area contributed by atoms with Gasteiger partial charge >= 0.3 is 0 Å². The van der Waals surface area contributed by atoms with Gasteiger partial charge in [-0.05, 0) is 103 Å². The molecule has 0 bridgehead atoms. The highest BCUT2D eigenvalue weighted by Crippen LogP contribution is 2.41. The Labute approximate surface area is 392 Å². The molecule has 0 saturated carbocycles. The minimum atomic E-state index is 0.647. The van der Waals surface area contributed by atoms with Gasteiger partial charge in [0.2, 0.25) is 0 Å². The van der Waals surface area contributed by atoms with Crippen LogP contribution in [0.4, 0.5) is 0 Å². The van der Waals surface area contributed by atoms with E-state index in [0.717, 1.165) is 61.5 Å². The molecule has 0 spiro atoms. The molecule has 0 N–H and O–H groups in total. The molecule has 0 unspecified atom stereocenters. The summed E-state index contributed by atoms with van der Waals surface area (Å²) >= 11 is 0. The van der Waals surface area contributed by atoms with E-state index in [-0.39, 0.29) is 0 Å². The number of hydrogen-bond acceptors (Lipinski definition) is 2. The van der Waals surface area contributed by atoms with Gasteiger partial charge in [-0.1, -0.05) is 188 Å². The maximum atomic E-state index is 5.58. The van der Waals surface area contributed by atoms with Crippen LogP contribution in [0.5, 0.6) is 0 Å². The molecule has 0 saturated heterocycles. The van der Waals surface area contributed by atoms with Gasteiger partial charge in [-0.2, -0.15) is 0 Å². The van der Waals surface area contributed by atoms with Gasteiger partial charge in [0.15, 0.2) is 5.82 Å². The highest BCUT2D eigenvalue weighted by molar-refractivity contribution is 6.26. The Morgan fingerprint density at radius 1 is 0.235 bits per heavy atom. The summed E-state index contributed by atoms with van der Waals surface area (Å²) in [6.07, 6.45) is 0. The van der Waals surface area contributed by atoms with Crippen LogP contribution < -0.4 is 0 Å². The fourth-order valence-electron chi connectivity index (χ4n) is 10.8. The molecule has 0 atom stereocenters. The molecule has 0 radical (unpaired) electrons. The van der Waals surface area contributed by atoms with E-state index < -0.39 is 0 Å². The van der Waals surface area contributed by atoms with Crippen molar-refractivity contribution in [2.45, 2.75) is 0 Å². The summed E-state index contributed by atoms with van der Waals surface area (Å²) in [7, 11) is 0. The normalized spacial score (nSPS) is 11.8. The predicted octanol–water partition coefficient (Wildman–Crippen LogP) is 16.8. The Morgan fingerprint density at radius 2 is 0.676 bits per heavy atom. The lowest BCUT2D eigenvalue weighted by atomic mass is 9.91. The second-order valence-electron chi connectivity index (χ2n) is 17.7. The number of benzene rings is 11. The third kappa shape index (κ3) is 6.01. The average molecular weight is 865 g/mol. The highest BCUT2D eigenvalue weighted by atomic mass is 15.1. The van der Waals surface area contributed by atoms with Crippen molar-refractivity contribution >= 4 is 75.9 Å². The van der Waals surface area contributed by atoms with E-state index in [9.17, 15) is 0 Å². The quantitative estimate of drug-likeness (QED) is 0.156. The maximum absolute atomic E-state index is 5.58. The molecule has 0 aliphatic heterocycles. The van der Waals surface area contributed by atoms with Gasteiger partial charge < -0.3 is 4.57 Å². The zero-order valence-corrected chi connectivity index (χ0v) is 36.9. The van der Waals surface area contributed by atoms with Crippen molar-refractivity contribution in [1.29, 1.82) is 0 Å². The molecule has 0 amide bonds. The Hall–Kier alpha value is -9.12. The van der Waals surface area contributed by atoms with Crippen molar-refractivity contribution < 1.29 is 0 Å². The predicted molar refractivity (Wildman–Crippen MR) is 285 cm³/mol. The molecule has 316 valence electrons. The van der Waals surface area contributed by atoms with Gasteiger partial charge in [-0.15, -0.1) is 0 Å². The van der Waals surface area contributed by atoms with Gasteiger partial charge in [-0.3, -0.25) is 4.57 Å². The molecule has 11 aromatic carbocycles. The lowest BCUT2D eigenvalue weighted by Gasteiger charge is -2.16. The zero-order valence-electron chi connectivity index (χ0n) is 36.9. The van der Waals surface area contributed by atoms with E-state index in [4.69, 9.17) is 9.97 Å². The minimum Gasteiger partial charge on any atom is -0.309 e. The highest BCUT2D eigenvalue weighted by Gasteiger charge is 2.20. The molecular weight excluding hydrogens is 825 g/mol. The van der Waals surface area contributed by atoms with Crippen LogP contribution in [0, 0.1) is 0 Å². The molecule has 0 aliphatic rings. The SMILES string of the molecule is c1ccc(-c2ccc3c4ccccc4n(-c4cc(-c5ccc6c7ccccc7c7ccccc7c6c5)cc(-c5nc(-c6ccccc6)cc(-n6c7ccccc7c7ccccc76)n5)c4)c3c2)cc1. The van der Waals surface area contributed by atoms with Crippen molar-refractivity contribution in [3.8, 4) is 56.4 Å². The first kappa shape index (κ1) is 38.2. The summed E-state index contributed by atoms with van der Waals surface area (Å²) in [5.74, 6) is 1.46. The lowest BCUT2D eigenvalue weighted by Crippen LogP contribution is -2.03. The van der Waals surface area contributed by atoms with Crippen molar-refractivity contribution in [2.24, 2.45) is 0 Å². The van der Waals surface area contributed by atoms with Gasteiger partial charge in [0, 0.05) is 44.4 Å². The van der Waals surface area contributed by atoms with E-state index in [1.807, 2.05) is 0 Å². The van der Waals surface area contributed by atoms with Gasteiger partial charge in [-0.25, -0.2) is 9.97 Å². The Balaban J connectivity index is 1.07. The Kier molecular flexibility index (Phi) is 8.55. The first-order chi connectivity index (χ1) is 33.7. The van der Waals surface area contributed by atoms with Crippen molar-refractivity contribution in [3.63, 3.8) is 0 Å². The minimum absolute atomic E-state index is 0.647. The Bertz CT molecular complexity index is 4230. The molecule has 0 fully saturated rings. The number of fused-ring (bicyclic) bond motifs is 12.